The van der Waals surface area contributed by atoms with Crippen molar-refractivity contribution < 1.29 is 4.39 Å². The lowest BCUT2D eigenvalue weighted by atomic mass is 9.79. The zero-order valence-corrected chi connectivity index (χ0v) is 13.5. The molecule has 0 radical (unpaired) electrons. The number of benzene rings is 1. The SMILES string of the molecule is CCNC(c1cc(C)cc(F)c1)C1CCCc2sccc21. The van der Waals surface area contributed by atoms with Crippen LogP contribution in [0.2, 0.25) is 0 Å². The number of fused-ring (bicyclic) bond motifs is 1. The molecule has 1 N–H and O–H groups in total. The van der Waals surface area contributed by atoms with E-state index >= 15 is 0 Å². The average molecular weight is 303 g/mol. The molecule has 1 heterocycles. The third-order valence-electron chi connectivity index (χ3n) is 4.35. The largest absolute Gasteiger partial charge is 0.310 e. The molecule has 3 heteroatoms. The molecular weight excluding hydrogens is 281 g/mol. The van der Waals surface area contributed by atoms with Crippen LogP contribution in [0.3, 0.4) is 0 Å². The maximum absolute atomic E-state index is 13.8. The predicted octanol–water partition coefficient (Wildman–Crippen LogP) is 4.97. The Bertz CT molecular complexity index is 599. The van der Waals surface area contributed by atoms with Crippen LogP contribution in [0, 0.1) is 12.7 Å². The average Bonchev–Trinajstić information content (AvgIpc) is 2.92. The normalized spacial score (nSPS) is 19.3. The standard InChI is InChI=1S/C18H22FNS/c1-3-20-18(13-9-12(2)10-14(19)11-13)16-5-4-6-17-15(16)7-8-21-17/h7-11,16,18,20H,3-6H2,1-2H3. The highest BCUT2D eigenvalue weighted by Crippen LogP contribution is 2.42. The molecule has 1 aromatic heterocycles. The second-order valence-corrected chi connectivity index (χ2v) is 6.90. The number of hydrogen-bond acceptors (Lipinski definition) is 2. The van der Waals surface area contributed by atoms with Crippen molar-refractivity contribution >= 4 is 11.3 Å². The molecule has 1 nitrogen and oxygen atoms in total. The number of aryl methyl sites for hydroxylation is 2. The van der Waals surface area contributed by atoms with E-state index in [0.717, 1.165) is 17.7 Å². The Labute approximate surface area is 130 Å². The third kappa shape index (κ3) is 3.04. The summed E-state index contributed by atoms with van der Waals surface area (Å²) in [6.45, 7) is 4.99. The second-order valence-electron chi connectivity index (χ2n) is 5.90. The Morgan fingerprint density at radius 3 is 3.00 bits per heavy atom. The van der Waals surface area contributed by atoms with Gasteiger partial charge in [-0.1, -0.05) is 13.0 Å². The van der Waals surface area contributed by atoms with E-state index in [-0.39, 0.29) is 11.9 Å². The van der Waals surface area contributed by atoms with Crippen LogP contribution < -0.4 is 5.32 Å². The maximum atomic E-state index is 13.8. The molecular formula is C18H22FNS. The maximum Gasteiger partial charge on any atom is 0.123 e. The Morgan fingerprint density at radius 2 is 2.24 bits per heavy atom. The first-order valence-electron chi connectivity index (χ1n) is 7.75. The van der Waals surface area contributed by atoms with Crippen LogP contribution >= 0.6 is 11.3 Å². The number of halogens is 1. The van der Waals surface area contributed by atoms with Crippen LogP contribution in [-0.2, 0) is 6.42 Å². The first-order chi connectivity index (χ1) is 10.2. The molecule has 3 rings (SSSR count). The predicted molar refractivity (Wildman–Crippen MR) is 87.6 cm³/mol. The molecule has 1 aliphatic carbocycles. The molecule has 0 saturated heterocycles. The Kier molecular flexibility index (Phi) is 4.41. The van der Waals surface area contributed by atoms with E-state index in [9.17, 15) is 4.39 Å². The summed E-state index contributed by atoms with van der Waals surface area (Å²) >= 11 is 1.86. The first-order valence-corrected chi connectivity index (χ1v) is 8.63. The van der Waals surface area contributed by atoms with E-state index in [4.69, 9.17) is 0 Å². The Morgan fingerprint density at radius 1 is 1.38 bits per heavy atom. The number of likely N-dealkylation sites (N-methyl/N-ethyl adjacent to an activating group) is 1. The van der Waals surface area contributed by atoms with Gasteiger partial charge in [-0.15, -0.1) is 11.3 Å². The second kappa shape index (κ2) is 6.29. The fraction of sp³-hybridized carbons (Fsp3) is 0.444. The first kappa shape index (κ1) is 14.7. The van der Waals surface area contributed by atoms with Crippen LogP contribution in [-0.4, -0.2) is 6.54 Å². The Balaban J connectivity index is 1.99. The van der Waals surface area contributed by atoms with Gasteiger partial charge in [-0.05, 0) is 73.0 Å². The fourth-order valence-corrected chi connectivity index (χ4v) is 4.52. The molecule has 0 fully saturated rings. The zero-order valence-electron chi connectivity index (χ0n) is 12.7. The third-order valence-corrected chi connectivity index (χ3v) is 5.34. The summed E-state index contributed by atoms with van der Waals surface area (Å²) in [5.74, 6) is 0.329. The molecule has 0 saturated carbocycles. The summed E-state index contributed by atoms with van der Waals surface area (Å²) in [6.07, 6.45) is 3.61. The highest BCUT2D eigenvalue weighted by atomic mass is 32.1. The fourth-order valence-electron chi connectivity index (χ4n) is 3.52. The molecule has 0 spiro atoms. The van der Waals surface area contributed by atoms with E-state index in [2.05, 4.69) is 29.8 Å². The van der Waals surface area contributed by atoms with Crippen LogP contribution in [0.25, 0.3) is 0 Å². The molecule has 0 aliphatic heterocycles. The molecule has 1 aliphatic rings. The van der Waals surface area contributed by atoms with Gasteiger partial charge in [0.1, 0.15) is 5.82 Å². The minimum Gasteiger partial charge on any atom is -0.310 e. The van der Waals surface area contributed by atoms with E-state index in [1.807, 2.05) is 18.3 Å². The molecule has 2 atom stereocenters. The molecule has 112 valence electrons. The van der Waals surface area contributed by atoms with Gasteiger partial charge in [-0.3, -0.25) is 0 Å². The van der Waals surface area contributed by atoms with Gasteiger partial charge in [-0.25, -0.2) is 4.39 Å². The van der Waals surface area contributed by atoms with Crippen LogP contribution in [0.4, 0.5) is 4.39 Å². The van der Waals surface area contributed by atoms with E-state index in [1.54, 1.807) is 12.1 Å². The van der Waals surface area contributed by atoms with E-state index in [0.29, 0.717) is 5.92 Å². The summed E-state index contributed by atoms with van der Waals surface area (Å²) in [7, 11) is 0. The summed E-state index contributed by atoms with van der Waals surface area (Å²) in [5.41, 5.74) is 3.55. The van der Waals surface area contributed by atoms with Crippen molar-refractivity contribution in [3.63, 3.8) is 0 Å². The zero-order chi connectivity index (χ0) is 14.8. The van der Waals surface area contributed by atoms with Crippen molar-refractivity contribution in [3.8, 4) is 0 Å². The summed E-state index contributed by atoms with van der Waals surface area (Å²) in [6, 6.07) is 7.89. The molecule has 2 unspecified atom stereocenters. The van der Waals surface area contributed by atoms with E-state index < -0.39 is 0 Å². The van der Waals surface area contributed by atoms with Gasteiger partial charge in [0.15, 0.2) is 0 Å². The van der Waals surface area contributed by atoms with Crippen LogP contribution in [0.1, 0.15) is 53.3 Å². The van der Waals surface area contributed by atoms with Crippen molar-refractivity contribution in [1.29, 1.82) is 0 Å². The van der Waals surface area contributed by atoms with Gasteiger partial charge >= 0.3 is 0 Å². The lowest BCUT2D eigenvalue weighted by Gasteiger charge is -2.32. The number of thiophene rings is 1. The molecule has 0 amide bonds. The number of rotatable bonds is 4. The van der Waals surface area contributed by atoms with Gasteiger partial charge in [0, 0.05) is 16.8 Å². The van der Waals surface area contributed by atoms with Crippen molar-refractivity contribution in [3.05, 3.63) is 57.0 Å². The van der Waals surface area contributed by atoms with Gasteiger partial charge in [0.2, 0.25) is 0 Å². The minimum absolute atomic E-state index is 0.130. The molecule has 0 bridgehead atoms. The van der Waals surface area contributed by atoms with Crippen molar-refractivity contribution in [2.75, 3.05) is 6.54 Å². The van der Waals surface area contributed by atoms with Crippen molar-refractivity contribution in [2.24, 2.45) is 0 Å². The van der Waals surface area contributed by atoms with Crippen molar-refractivity contribution in [2.45, 2.75) is 45.1 Å². The summed E-state index contributed by atoms with van der Waals surface area (Å²) in [4.78, 5) is 1.52. The topological polar surface area (TPSA) is 12.0 Å². The number of nitrogens with one attached hydrogen (secondary N) is 1. The van der Waals surface area contributed by atoms with E-state index in [1.165, 1.54) is 29.7 Å². The summed E-state index contributed by atoms with van der Waals surface area (Å²) < 4.78 is 13.8. The van der Waals surface area contributed by atoms with Crippen molar-refractivity contribution in [1.82, 2.24) is 5.32 Å². The van der Waals surface area contributed by atoms with Crippen LogP contribution in [0.15, 0.2) is 29.6 Å². The highest BCUT2D eigenvalue weighted by molar-refractivity contribution is 7.10. The lowest BCUT2D eigenvalue weighted by Crippen LogP contribution is -2.29. The van der Waals surface area contributed by atoms with Gasteiger partial charge in [0.05, 0.1) is 0 Å². The summed E-state index contributed by atoms with van der Waals surface area (Å²) in [5, 5.41) is 5.79. The Hall–Kier alpha value is -1.19. The monoisotopic (exact) mass is 303 g/mol. The molecule has 2 aromatic rings. The molecule has 1 aromatic carbocycles. The smallest absolute Gasteiger partial charge is 0.123 e. The highest BCUT2D eigenvalue weighted by Gasteiger charge is 2.29. The van der Waals surface area contributed by atoms with Gasteiger partial charge in [-0.2, -0.15) is 0 Å². The lowest BCUT2D eigenvalue weighted by molar-refractivity contribution is 0.410. The minimum atomic E-state index is -0.130. The quantitative estimate of drug-likeness (QED) is 0.841. The van der Waals surface area contributed by atoms with Crippen LogP contribution in [0.5, 0.6) is 0 Å². The number of hydrogen-bond donors (Lipinski definition) is 1. The molecule has 21 heavy (non-hydrogen) atoms. The van der Waals surface area contributed by atoms with Gasteiger partial charge in [0.25, 0.3) is 0 Å². The van der Waals surface area contributed by atoms with Gasteiger partial charge < -0.3 is 5.32 Å².